The van der Waals surface area contributed by atoms with Crippen molar-refractivity contribution in [3.8, 4) is 0 Å². The maximum absolute atomic E-state index is 12.2. The first-order chi connectivity index (χ1) is 8.97. The highest BCUT2D eigenvalue weighted by Gasteiger charge is 2.24. The molecule has 0 saturated carbocycles. The number of rotatable bonds is 2. The van der Waals surface area contributed by atoms with Crippen LogP contribution in [0.4, 0.5) is 5.69 Å². The summed E-state index contributed by atoms with van der Waals surface area (Å²) in [5, 5.41) is 6.21. The number of carbonyl (C=O) groups is 1. The molecule has 1 fully saturated rings. The van der Waals surface area contributed by atoms with Crippen molar-refractivity contribution in [3.05, 3.63) is 27.1 Å². The molecule has 19 heavy (non-hydrogen) atoms. The Balaban J connectivity index is 2.08. The lowest BCUT2D eigenvalue weighted by Gasteiger charge is -2.27. The van der Waals surface area contributed by atoms with E-state index in [-0.39, 0.29) is 17.4 Å². The molecular weight excluding hydrogens is 310 g/mol. The van der Waals surface area contributed by atoms with Gasteiger partial charge in [0.15, 0.2) is 0 Å². The molecule has 2 N–H and O–H groups in total. The van der Waals surface area contributed by atoms with Crippen LogP contribution in [0.3, 0.4) is 0 Å². The van der Waals surface area contributed by atoms with Crippen molar-refractivity contribution in [2.24, 2.45) is 13.0 Å². The Bertz CT molecular complexity index is 515. The number of nitrogens with zero attached hydrogens (tertiary/aromatic N) is 1. The fourth-order valence-corrected chi connectivity index (χ4v) is 2.88. The molecule has 2 heterocycles. The van der Waals surface area contributed by atoms with Gasteiger partial charge in [-0.25, -0.2) is 0 Å². The molecule has 0 bridgehead atoms. The zero-order valence-electron chi connectivity index (χ0n) is 11.1. The van der Waals surface area contributed by atoms with Gasteiger partial charge in [0.2, 0.25) is 5.91 Å². The summed E-state index contributed by atoms with van der Waals surface area (Å²) in [6.07, 6.45) is 3.33. The van der Waals surface area contributed by atoms with Crippen LogP contribution in [-0.2, 0) is 11.8 Å². The molecule has 0 unspecified atom stereocenters. The molecule has 0 aliphatic carbocycles. The molecule has 104 valence electrons. The van der Waals surface area contributed by atoms with Crippen molar-refractivity contribution in [3.63, 3.8) is 0 Å². The summed E-state index contributed by atoms with van der Waals surface area (Å²) >= 11 is 3.20. The highest BCUT2D eigenvalue weighted by Crippen LogP contribution is 2.19. The van der Waals surface area contributed by atoms with E-state index in [0.717, 1.165) is 19.4 Å². The van der Waals surface area contributed by atoms with Gasteiger partial charge in [-0.1, -0.05) is 0 Å². The second-order valence-electron chi connectivity index (χ2n) is 5.06. The Morgan fingerprint density at radius 2 is 2.32 bits per heavy atom. The largest absolute Gasteiger partial charge is 0.325 e. The number of amides is 1. The first-order valence-electron chi connectivity index (χ1n) is 6.38. The Morgan fingerprint density at radius 3 is 2.95 bits per heavy atom. The molecular formula is C13H18BrN3O2. The van der Waals surface area contributed by atoms with Gasteiger partial charge in [-0.3, -0.25) is 9.59 Å². The SMILES string of the molecule is C[C@H]1C[C@@H](C(=O)Nc2cc(Br)c(=O)n(C)c2)CCN1. The van der Waals surface area contributed by atoms with E-state index in [1.165, 1.54) is 4.57 Å². The van der Waals surface area contributed by atoms with Crippen LogP contribution >= 0.6 is 15.9 Å². The van der Waals surface area contributed by atoms with Crippen LogP contribution in [0.5, 0.6) is 0 Å². The molecule has 6 heteroatoms. The summed E-state index contributed by atoms with van der Waals surface area (Å²) in [4.78, 5) is 23.7. The van der Waals surface area contributed by atoms with Crippen LogP contribution in [0, 0.1) is 5.92 Å². The Labute approximate surface area is 120 Å². The number of hydrogen-bond donors (Lipinski definition) is 2. The van der Waals surface area contributed by atoms with Gasteiger partial charge in [-0.05, 0) is 48.3 Å². The van der Waals surface area contributed by atoms with Gasteiger partial charge in [-0.15, -0.1) is 0 Å². The zero-order valence-corrected chi connectivity index (χ0v) is 12.7. The molecule has 1 aromatic heterocycles. The summed E-state index contributed by atoms with van der Waals surface area (Å²) in [6, 6.07) is 2.02. The van der Waals surface area contributed by atoms with Gasteiger partial charge in [0.25, 0.3) is 5.56 Å². The third kappa shape index (κ3) is 3.45. The quantitative estimate of drug-likeness (QED) is 0.864. The number of aromatic nitrogens is 1. The third-order valence-electron chi connectivity index (χ3n) is 3.40. The van der Waals surface area contributed by atoms with E-state index in [9.17, 15) is 9.59 Å². The number of anilines is 1. The lowest BCUT2D eigenvalue weighted by molar-refractivity contribution is -0.120. The molecule has 1 amide bonds. The molecule has 0 aromatic carbocycles. The fraction of sp³-hybridized carbons (Fsp3) is 0.538. The van der Waals surface area contributed by atoms with E-state index in [4.69, 9.17) is 0 Å². The van der Waals surface area contributed by atoms with Crippen molar-refractivity contribution < 1.29 is 4.79 Å². The monoisotopic (exact) mass is 327 g/mol. The number of halogens is 1. The first-order valence-corrected chi connectivity index (χ1v) is 7.17. The van der Waals surface area contributed by atoms with Crippen molar-refractivity contribution in [2.75, 3.05) is 11.9 Å². The van der Waals surface area contributed by atoms with Crippen LogP contribution in [0.15, 0.2) is 21.5 Å². The van der Waals surface area contributed by atoms with E-state index < -0.39 is 0 Å². The first kappa shape index (κ1) is 14.3. The maximum atomic E-state index is 12.2. The minimum Gasteiger partial charge on any atom is -0.325 e. The molecule has 1 aliphatic heterocycles. The molecule has 1 aromatic rings. The molecule has 0 radical (unpaired) electrons. The van der Waals surface area contributed by atoms with E-state index in [1.54, 1.807) is 19.3 Å². The zero-order chi connectivity index (χ0) is 14.0. The van der Waals surface area contributed by atoms with Crippen LogP contribution in [0.25, 0.3) is 0 Å². The summed E-state index contributed by atoms with van der Waals surface area (Å²) < 4.78 is 1.90. The molecule has 2 atom stereocenters. The topological polar surface area (TPSA) is 63.1 Å². The van der Waals surface area contributed by atoms with E-state index in [1.807, 2.05) is 0 Å². The summed E-state index contributed by atoms with van der Waals surface area (Å²) in [7, 11) is 1.66. The minimum atomic E-state index is -0.117. The van der Waals surface area contributed by atoms with Crippen molar-refractivity contribution in [2.45, 2.75) is 25.8 Å². The molecule has 2 rings (SSSR count). The van der Waals surface area contributed by atoms with Crippen molar-refractivity contribution in [1.29, 1.82) is 0 Å². The van der Waals surface area contributed by atoms with Crippen LogP contribution in [0.2, 0.25) is 0 Å². The molecule has 1 saturated heterocycles. The minimum absolute atomic E-state index is 0.0268. The fourth-order valence-electron chi connectivity index (χ4n) is 2.35. The molecule has 1 aliphatic rings. The Kier molecular flexibility index (Phi) is 4.42. The van der Waals surface area contributed by atoms with Crippen LogP contribution < -0.4 is 16.2 Å². The number of carbonyl (C=O) groups excluding carboxylic acids is 1. The van der Waals surface area contributed by atoms with Gasteiger partial charge >= 0.3 is 0 Å². The lowest BCUT2D eigenvalue weighted by atomic mass is 9.92. The Hall–Kier alpha value is -1.14. The summed E-state index contributed by atoms with van der Waals surface area (Å²) in [5.41, 5.74) is 0.527. The number of pyridine rings is 1. The Morgan fingerprint density at radius 1 is 1.58 bits per heavy atom. The number of piperidine rings is 1. The second kappa shape index (κ2) is 5.88. The highest BCUT2D eigenvalue weighted by atomic mass is 79.9. The highest BCUT2D eigenvalue weighted by molar-refractivity contribution is 9.10. The summed E-state index contributed by atoms with van der Waals surface area (Å²) in [6.45, 7) is 2.96. The standard InChI is InChI=1S/C13H18BrN3O2/c1-8-5-9(3-4-15-8)12(18)16-10-6-11(14)13(19)17(2)7-10/h6-9,15H,3-5H2,1-2H3,(H,16,18)/t8-,9-/m0/s1. The van der Waals surface area contributed by atoms with Crippen molar-refractivity contribution in [1.82, 2.24) is 9.88 Å². The van der Waals surface area contributed by atoms with E-state index in [2.05, 4.69) is 33.5 Å². The third-order valence-corrected chi connectivity index (χ3v) is 3.97. The number of nitrogens with one attached hydrogen (secondary N) is 2. The number of hydrogen-bond acceptors (Lipinski definition) is 3. The number of aryl methyl sites for hydroxylation is 1. The predicted molar refractivity (Wildman–Crippen MR) is 78.2 cm³/mol. The van der Waals surface area contributed by atoms with Gasteiger partial charge < -0.3 is 15.2 Å². The van der Waals surface area contributed by atoms with Crippen LogP contribution in [0.1, 0.15) is 19.8 Å². The van der Waals surface area contributed by atoms with Gasteiger partial charge in [0.05, 0.1) is 10.2 Å². The molecule has 0 spiro atoms. The van der Waals surface area contributed by atoms with Gasteiger partial charge in [0, 0.05) is 25.2 Å². The van der Waals surface area contributed by atoms with Gasteiger partial charge in [0.1, 0.15) is 0 Å². The van der Waals surface area contributed by atoms with Gasteiger partial charge in [-0.2, -0.15) is 0 Å². The average Bonchev–Trinajstić information content (AvgIpc) is 2.36. The smallest absolute Gasteiger partial charge is 0.264 e. The summed E-state index contributed by atoms with van der Waals surface area (Å²) in [5.74, 6) is 0.0613. The average molecular weight is 328 g/mol. The van der Waals surface area contributed by atoms with E-state index in [0.29, 0.717) is 16.2 Å². The maximum Gasteiger partial charge on any atom is 0.264 e. The lowest BCUT2D eigenvalue weighted by Crippen LogP contribution is -2.40. The normalized spacial score (nSPS) is 23.1. The predicted octanol–water partition coefficient (Wildman–Crippen LogP) is 1.47. The van der Waals surface area contributed by atoms with E-state index >= 15 is 0 Å². The van der Waals surface area contributed by atoms with Crippen molar-refractivity contribution >= 4 is 27.5 Å². The van der Waals surface area contributed by atoms with Crippen LogP contribution in [-0.4, -0.2) is 23.1 Å². The second-order valence-corrected chi connectivity index (χ2v) is 5.91. The molecule has 5 nitrogen and oxygen atoms in total.